The molecule has 0 N–H and O–H groups in total. The maximum atomic E-state index is 12.6. The topological polar surface area (TPSA) is 61.0 Å². The molecule has 21 heavy (non-hydrogen) atoms. The second-order valence-corrected chi connectivity index (χ2v) is 4.63. The predicted octanol–water partition coefficient (Wildman–Crippen LogP) is 2.42. The smallest absolute Gasteiger partial charge is 0.202 e. The highest BCUT2D eigenvalue weighted by atomic mass is 16.6. The van der Waals surface area contributed by atoms with Gasteiger partial charge in [0.1, 0.15) is 23.2 Å². The van der Waals surface area contributed by atoms with E-state index in [1.807, 2.05) is 18.2 Å². The first-order valence-electron chi connectivity index (χ1n) is 6.58. The van der Waals surface area contributed by atoms with Crippen LogP contribution in [-0.4, -0.2) is 31.1 Å². The number of nitrogens with zero attached hydrogens (tertiary/aromatic N) is 1. The Balaban J connectivity index is 1.88. The third-order valence-electron chi connectivity index (χ3n) is 3.40. The molecule has 1 aromatic carbocycles. The van der Waals surface area contributed by atoms with Crippen LogP contribution >= 0.6 is 0 Å². The molecule has 2 unspecified atom stereocenters. The molecule has 5 nitrogen and oxygen atoms in total. The fourth-order valence-corrected chi connectivity index (χ4v) is 2.32. The SMILES string of the molecule is COc1cccc(OC)c1C(=O)C1OC1c1ccccn1. The minimum Gasteiger partial charge on any atom is -0.496 e. The maximum Gasteiger partial charge on any atom is 0.202 e. The van der Waals surface area contributed by atoms with Crippen molar-refractivity contribution < 1.29 is 19.0 Å². The van der Waals surface area contributed by atoms with Crippen LogP contribution < -0.4 is 9.47 Å². The normalized spacial score (nSPS) is 19.9. The van der Waals surface area contributed by atoms with Gasteiger partial charge in [-0.15, -0.1) is 0 Å². The molecule has 1 aliphatic heterocycles. The average Bonchev–Trinajstić information content (AvgIpc) is 3.34. The molecule has 1 aliphatic rings. The molecule has 0 saturated carbocycles. The van der Waals surface area contributed by atoms with E-state index in [1.165, 1.54) is 14.2 Å². The lowest BCUT2D eigenvalue weighted by molar-refractivity contribution is 0.0947. The van der Waals surface area contributed by atoms with Gasteiger partial charge in [0.25, 0.3) is 0 Å². The molecule has 0 spiro atoms. The molecule has 0 bridgehead atoms. The van der Waals surface area contributed by atoms with Crippen molar-refractivity contribution in [2.24, 2.45) is 0 Å². The number of ketones is 1. The first kappa shape index (κ1) is 13.6. The van der Waals surface area contributed by atoms with E-state index in [1.54, 1.807) is 24.4 Å². The Morgan fingerprint density at radius 1 is 1.10 bits per heavy atom. The lowest BCUT2D eigenvalue weighted by atomic mass is 10.0. The van der Waals surface area contributed by atoms with Gasteiger partial charge in [-0.3, -0.25) is 9.78 Å². The maximum absolute atomic E-state index is 12.6. The Kier molecular flexibility index (Phi) is 3.58. The van der Waals surface area contributed by atoms with E-state index in [4.69, 9.17) is 14.2 Å². The molecule has 5 heteroatoms. The number of pyridine rings is 1. The van der Waals surface area contributed by atoms with Gasteiger partial charge in [-0.1, -0.05) is 12.1 Å². The minimum atomic E-state index is -0.537. The molecule has 1 saturated heterocycles. The molecule has 2 heterocycles. The molecule has 1 fully saturated rings. The summed E-state index contributed by atoms with van der Waals surface area (Å²) in [4.78, 5) is 16.8. The van der Waals surface area contributed by atoms with Gasteiger partial charge in [0.15, 0.2) is 6.10 Å². The number of carbonyl (C=O) groups is 1. The van der Waals surface area contributed by atoms with Crippen LogP contribution in [0, 0.1) is 0 Å². The van der Waals surface area contributed by atoms with E-state index in [9.17, 15) is 4.79 Å². The summed E-state index contributed by atoms with van der Waals surface area (Å²) >= 11 is 0. The van der Waals surface area contributed by atoms with E-state index in [2.05, 4.69) is 4.98 Å². The van der Waals surface area contributed by atoms with Crippen LogP contribution in [0.3, 0.4) is 0 Å². The standard InChI is InChI=1S/C16H15NO4/c1-19-11-7-5-8-12(20-2)13(11)14(18)16-15(21-16)10-6-3-4-9-17-10/h3-9,15-16H,1-2H3. The molecule has 1 aromatic heterocycles. The lowest BCUT2D eigenvalue weighted by Gasteiger charge is -2.10. The molecule has 3 rings (SSSR count). The van der Waals surface area contributed by atoms with Crippen LogP contribution in [0.15, 0.2) is 42.6 Å². The van der Waals surface area contributed by atoms with Crippen LogP contribution in [0.5, 0.6) is 11.5 Å². The van der Waals surface area contributed by atoms with Crippen LogP contribution in [0.1, 0.15) is 22.2 Å². The minimum absolute atomic E-state index is 0.153. The van der Waals surface area contributed by atoms with E-state index >= 15 is 0 Å². The van der Waals surface area contributed by atoms with Crippen molar-refractivity contribution in [1.29, 1.82) is 0 Å². The van der Waals surface area contributed by atoms with Crippen molar-refractivity contribution in [3.8, 4) is 11.5 Å². The molecule has 0 aliphatic carbocycles. The number of Topliss-reactive ketones (excluding diaryl/α,β-unsaturated/α-hetero) is 1. The van der Waals surface area contributed by atoms with Crippen LogP contribution in [0.2, 0.25) is 0 Å². The second kappa shape index (κ2) is 5.54. The molecule has 0 amide bonds. The highest BCUT2D eigenvalue weighted by Crippen LogP contribution is 2.42. The molecule has 108 valence electrons. The van der Waals surface area contributed by atoms with Crippen molar-refractivity contribution in [2.75, 3.05) is 14.2 Å². The monoisotopic (exact) mass is 285 g/mol. The summed E-state index contributed by atoms with van der Waals surface area (Å²) in [6, 6.07) is 10.8. The van der Waals surface area contributed by atoms with E-state index in [-0.39, 0.29) is 11.9 Å². The average molecular weight is 285 g/mol. The summed E-state index contributed by atoms with van der Waals surface area (Å²) in [5.74, 6) is 0.809. The van der Waals surface area contributed by atoms with Gasteiger partial charge in [0, 0.05) is 6.20 Å². The number of aromatic nitrogens is 1. The van der Waals surface area contributed by atoms with E-state index in [0.29, 0.717) is 17.1 Å². The van der Waals surface area contributed by atoms with Crippen LogP contribution in [0.25, 0.3) is 0 Å². The zero-order valence-electron chi connectivity index (χ0n) is 11.8. The summed E-state index contributed by atoms with van der Waals surface area (Å²) in [5, 5.41) is 0. The van der Waals surface area contributed by atoms with Gasteiger partial charge < -0.3 is 14.2 Å². The van der Waals surface area contributed by atoms with Gasteiger partial charge in [-0.2, -0.15) is 0 Å². The number of epoxide rings is 1. The summed E-state index contributed by atoms with van der Waals surface area (Å²) in [5.41, 5.74) is 1.16. The quantitative estimate of drug-likeness (QED) is 0.623. The van der Waals surface area contributed by atoms with E-state index in [0.717, 1.165) is 5.69 Å². The zero-order valence-corrected chi connectivity index (χ0v) is 11.8. The molecular weight excluding hydrogens is 270 g/mol. The zero-order chi connectivity index (χ0) is 14.8. The van der Waals surface area contributed by atoms with Gasteiger partial charge in [0.05, 0.1) is 19.9 Å². The number of methoxy groups -OCH3 is 2. The van der Waals surface area contributed by atoms with Gasteiger partial charge in [-0.05, 0) is 24.3 Å². The summed E-state index contributed by atoms with van der Waals surface area (Å²) in [6.07, 6.45) is 0.848. The Morgan fingerprint density at radius 3 is 2.38 bits per heavy atom. The van der Waals surface area contributed by atoms with Gasteiger partial charge in [-0.25, -0.2) is 0 Å². The van der Waals surface area contributed by atoms with Gasteiger partial charge in [0.2, 0.25) is 5.78 Å². The fourth-order valence-electron chi connectivity index (χ4n) is 2.32. The van der Waals surface area contributed by atoms with Crippen molar-refractivity contribution in [3.63, 3.8) is 0 Å². The number of ether oxygens (including phenoxy) is 3. The highest BCUT2D eigenvalue weighted by molar-refractivity contribution is 6.05. The summed E-state index contributed by atoms with van der Waals surface area (Å²) in [6.45, 7) is 0. The number of benzene rings is 1. The highest BCUT2D eigenvalue weighted by Gasteiger charge is 2.48. The third-order valence-corrected chi connectivity index (χ3v) is 3.40. The third kappa shape index (κ3) is 2.48. The molecule has 2 atom stereocenters. The number of hydrogen-bond acceptors (Lipinski definition) is 5. The largest absolute Gasteiger partial charge is 0.496 e. The Morgan fingerprint density at radius 2 is 1.81 bits per heavy atom. The van der Waals surface area contributed by atoms with Gasteiger partial charge >= 0.3 is 0 Å². The summed E-state index contributed by atoms with van der Waals surface area (Å²) in [7, 11) is 3.05. The van der Waals surface area contributed by atoms with Crippen LogP contribution in [-0.2, 0) is 4.74 Å². The Bertz CT molecular complexity index is 634. The number of carbonyl (C=O) groups excluding carboxylic acids is 1. The van der Waals surface area contributed by atoms with E-state index < -0.39 is 6.10 Å². The lowest BCUT2D eigenvalue weighted by Crippen LogP contribution is -2.12. The first-order valence-corrected chi connectivity index (χ1v) is 6.58. The molecular formula is C16H15NO4. The molecule has 0 radical (unpaired) electrons. The molecule has 2 aromatic rings. The number of hydrogen-bond donors (Lipinski definition) is 0. The second-order valence-electron chi connectivity index (χ2n) is 4.63. The fraction of sp³-hybridized carbons (Fsp3) is 0.250. The predicted molar refractivity (Wildman–Crippen MR) is 75.7 cm³/mol. The van der Waals surface area contributed by atoms with Crippen molar-refractivity contribution in [1.82, 2.24) is 4.98 Å². The van der Waals surface area contributed by atoms with Crippen molar-refractivity contribution in [2.45, 2.75) is 12.2 Å². The Labute approximate surface area is 122 Å². The van der Waals surface area contributed by atoms with Crippen molar-refractivity contribution >= 4 is 5.78 Å². The number of rotatable bonds is 5. The van der Waals surface area contributed by atoms with Crippen LogP contribution in [0.4, 0.5) is 0 Å². The summed E-state index contributed by atoms with van der Waals surface area (Å²) < 4.78 is 16.0. The van der Waals surface area contributed by atoms with Crippen molar-refractivity contribution in [3.05, 3.63) is 53.9 Å². The first-order chi connectivity index (χ1) is 10.3. The Hall–Kier alpha value is -2.40.